The molecule has 1 saturated carbocycles. The van der Waals surface area contributed by atoms with Gasteiger partial charge in [-0.3, -0.25) is 4.79 Å². The normalized spacial score (nSPS) is 25.1. The largest absolute Gasteiger partial charge is 0.326 e. The first-order valence-electron chi connectivity index (χ1n) is 7.03. The zero-order valence-electron chi connectivity index (χ0n) is 11.2. The third kappa shape index (κ3) is 2.68. The Morgan fingerprint density at radius 1 is 1.32 bits per heavy atom. The van der Waals surface area contributed by atoms with E-state index in [4.69, 9.17) is 0 Å². The third-order valence-corrected chi connectivity index (χ3v) is 4.17. The van der Waals surface area contributed by atoms with E-state index in [0.717, 1.165) is 35.7 Å². The predicted octanol–water partition coefficient (Wildman–Crippen LogP) is 1.99. The third-order valence-electron chi connectivity index (χ3n) is 4.17. The van der Waals surface area contributed by atoms with Gasteiger partial charge in [0.15, 0.2) is 5.69 Å². The molecule has 0 spiro atoms. The molecule has 1 aliphatic heterocycles. The van der Waals surface area contributed by atoms with E-state index in [1.54, 1.807) is 0 Å². The minimum Gasteiger partial charge on any atom is -0.326 e. The summed E-state index contributed by atoms with van der Waals surface area (Å²) >= 11 is 0. The predicted molar refractivity (Wildman–Crippen MR) is 75.4 cm³/mol. The highest BCUT2D eigenvalue weighted by Gasteiger charge is 2.24. The summed E-state index contributed by atoms with van der Waals surface area (Å²) in [6.07, 6.45) is 6.22. The fourth-order valence-electron chi connectivity index (χ4n) is 2.85. The van der Waals surface area contributed by atoms with Crippen molar-refractivity contribution in [2.45, 2.75) is 32.6 Å². The first kappa shape index (κ1) is 12.4. The molecule has 0 atom stereocenters. The van der Waals surface area contributed by atoms with Gasteiger partial charge < -0.3 is 5.32 Å². The van der Waals surface area contributed by atoms with Crippen LogP contribution >= 0.6 is 0 Å². The molecule has 3 rings (SSSR count). The summed E-state index contributed by atoms with van der Waals surface area (Å²) in [5.74, 6) is 1.13. The minimum atomic E-state index is 0.172. The smallest absolute Gasteiger partial charge is 0.227 e. The van der Waals surface area contributed by atoms with Gasteiger partial charge in [-0.2, -0.15) is 5.43 Å². The van der Waals surface area contributed by atoms with Gasteiger partial charge in [0.2, 0.25) is 5.91 Å². The number of anilines is 1. The molecule has 1 aromatic carbocycles. The Labute approximate surface area is 113 Å². The second kappa shape index (κ2) is 5.13. The fraction of sp³-hybridized carbons (Fsp3) is 0.467. The quantitative estimate of drug-likeness (QED) is 0.618. The number of nitrogens with zero attached hydrogens (tertiary/aromatic N) is 1. The number of nitrogens with two attached hydrogens (primary N) is 1. The Hall–Kier alpha value is -1.68. The lowest BCUT2D eigenvalue weighted by Gasteiger charge is -2.25. The lowest BCUT2D eigenvalue weighted by molar-refractivity contribution is -0.573. The zero-order chi connectivity index (χ0) is 13.2. The molecule has 2 aliphatic rings. The van der Waals surface area contributed by atoms with Crippen LogP contribution in [0.1, 0.15) is 38.2 Å². The van der Waals surface area contributed by atoms with Gasteiger partial charge in [0, 0.05) is 17.7 Å². The molecule has 0 aromatic heterocycles. The molecule has 100 valence electrons. The summed E-state index contributed by atoms with van der Waals surface area (Å²) in [4.78, 5) is 12.2. The summed E-state index contributed by atoms with van der Waals surface area (Å²) < 4.78 is 0. The van der Waals surface area contributed by atoms with E-state index in [9.17, 15) is 4.79 Å². The van der Waals surface area contributed by atoms with Crippen molar-refractivity contribution in [3.8, 4) is 0 Å². The second-order valence-corrected chi connectivity index (χ2v) is 5.70. The van der Waals surface area contributed by atoms with Crippen molar-refractivity contribution < 1.29 is 10.2 Å². The van der Waals surface area contributed by atoms with E-state index >= 15 is 0 Å². The summed E-state index contributed by atoms with van der Waals surface area (Å²) in [6.45, 7) is 2.27. The molecule has 1 aliphatic carbocycles. The number of carbonyl (C=O) groups is 1. The zero-order valence-corrected chi connectivity index (χ0v) is 11.2. The van der Waals surface area contributed by atoms with Crippen LogP contribution in [0.15, 0.2) is 23.3 Å². The van der Waals surface area contributed by atoms with Crippen molar-refractivity contribution in [1.82, 2.24) is 0 Å². The van der Waals surface area contributed by atoms with Crippen molar-refractivity contribution >= 4 is 23.5 Å². The van der Waals surface area contributed by atoms with E-state index < -0.39 is 0 Å². The molecule has 1 fully saturated rings. The molecule has 0 unspecified atom stereocenters. The summed E-state index contributed by atoms with van der Waals surface area (Å²) in [5.41, 5.74) is 4.90. The molecule has 0 saturated heterocycles. The number of hydrogen-bond donors (Lipinski definition) is 2. The fourth-order valence-corrected chi connectivity index (χ4v) is 2.85. The highest BCUT2D eigenvalue weighted by molar-refractivity contribution is 5.94. The number of carbonyl (C=O) groups excluding carboxylic acids is 1. The van der Waals surface area contributed by atoms with Crippen LogP contribution in [0.2, 0.25) is 0 Å². The molecule has 1 aromatic rings. The molecular weight excluding hydrogens is 238 g/mol. The summed E-state index contributed by atoms with van der Waals surface area (Å²) in [7, 11) is 0. The minimum absolute atomic E-state index is 0.172. The Morgan fingerprint density at radius 3 is 2.89 bits per heavy atom. The van der Waals surface area contributed by atoms with Crippen molar-refractivity contribution in [3.63, 3.8) is 0 Å². The number of quaternary nitrogens is 1. The average molecular weight is 258 g/mol. The molecule has 3 N–H and O–H groups in total. The highest BCUT2D eigenvalue weighted by Crippen LogP contribution is 2.29. The van der Waals surface area contributed by atoms with Gasteiger partial charge in [-0.25, -0.2) is 0 Å². The topological polar surface area (TPSA) is 58.1 Å². The van der Waals surface area contributed by atoms with Crippen LogP contribution in [0.4, 0.5) is 11.4 Å². The van der Waals surface area contributed by atoms with Crippen molar-refractivity contribution in [2.75, 3.05) is 5.32 Å². The SMILES string of the molecule is CC1CCC(C(=O)Nc2ccc3c(c2)[NH2+]N=C3)CC1. The first-order chi connectivity index (χ1) is 9.22. The Kier molecular flexibility index (Phi) is 3.34. The van der Waals surface area contributed by atoms with E-state index in [2.05, 4.69) is 17.3 Å². The van der Waals surface area contributed by atoms with Gasteiger partial charge in [0.25, 0.3) is 0 Å². The average Bonchev–Trinajstić information content (AvgIpc) is 2.87. The lowest BCUT2D eigenvalue weighted by Crippen LogP contribution is -2.69. The van der Waals surface area contributed by atoms with Crippen LogP contribution in [-0.2, 0) is 4.79 Å². The summed E-state index contributed by atoms with van der Waals surface area (Å²) in [6, 6.07) is 5.94. The maximum Gasteiger partial charge on any atom is 0.227 e. The standard InChI is InChI=1S/C15H19N3O/c1-10-2-4-11(5-3-10)15(19)17-13-7-6-12-9-16-18-14(12)8-13/h6-11H,2-5H2,1H3,(H,16,18)(H,17,19)/p+1. The summed E-state index contributed by atoms with van der Waals surface area (Å²) in [5, 5.41) is 7.15. The molecule has 4 heteroatoms. The van der Waals surface area contributed by atoms with Gasteiger partial charge in [0.05, 0.1) is 11.8 Å². The Morgan fingerprint density at radius 2 is 2.11 bits per heavy atom. The maximum atomic E-state index is 12.2. The monoisotopic (exact) mass is 258 g/mol. The van der Waals surface area contributed by atoms with Crippen molar-refractivity contribution in [2.24, 2.45) is 16.9 Å². The number of nitrogens with one attached hydrogen (secondary N) is 1. The van der Waals surface area contributed by atoms with Gasteiger partial charge in [-0.1, -0.05) is 12.0 Å². The Balaban J connectivity index is 1.63. The molecule has 1 heterocycles. The van der Waals surface area contributed by atoms with E-state index in [-0.39, 0.29) is 11.8 Å². The molecule has 19 heavy (non-hydrogen) atoms. The van der Waals surface area contributed by atoms with Crippen LogP contribution in [0.5, 0.6) is 0 Å². The van der Waals surface area contributed by atoms with Crippen LogP contribution < -0.4 is 10.7 Å². The van der Waals surface area contributed by atoms with Crippen LogP contribution in [0.3, 0.4) is 0 Å². The van der Waals surface area contributed by atoms with Crippen molar-refractivity contribution in [1.29, 1.82) is 0 Å². The molecule has 0 bridgehead atoms. The van der Waals surface area contributed by atoms with Gasteiger partial charge in [0.1, 0.15) is 0 Å². The van der Waals surface area contributed by atoms with Crippen LogP contribution in [-0.4, -0.2) is 12.1 Å². The van der Waals surface area contributed by atoms with E-state index in [1.165, 1.54) is 12.8 Å². The highest BCUT2D eigenvalue weighted by atomic mass is 16.1. The molecule has 4 nitrogen and oxygen atoms in total. The van der Waals surface area contributed by atoms with Crippen LogP contribution in [0.25, 0.3) is 0 Å². The number of amides is 1. The second-order valence-electron chi connectivity index (χ2n) is 5.70. The number of hydrogen-bond acceptors (Lipinski definition) is 2. The van der Waals surface area contributed by atoms with Crippen LogP contribution in [0, 0.1) is 11.8 Å². The first-order valence-corrected chi connectivity index (χ1v) is 7.03. The van der Waals surface area contributed by atoms with E-state index in [0.29, 0.717) is 0 Å². The van der Waals surface area contributed by atoms with E-state index in [1.807, 2.05) is 29.8 Å². The van der Waals surface area contributed by atoms with Gasteiger partial charge >= 0.3 is 0 Å². The number of rotatable bonds is 2. The number of fused-ring (bicyclic) bond motifs is 1. The lowest BCUT2D eigenvalue weighted by atomic mass is 9.82. The molecule has 1 amide bonds. The Bertz CT molecular complexity index is 516. The maximum absolute atomic E-state index is 12.2. The van der Waals surface area contributed by atoms with Crippen molar-refractivity contribution in [3.05, 3.63) is 23.8 Å². The van der Waals surface area contributed by atoms with Gasteiger partial charge in [-0.15, -0.1) is 0 Å². The number of benzene rings is 1. The molecule has 0 radical (unpaired) electrons. The molecular formula is C15H20N3O+. The van der Waals surface area contributed by atoms with Gasteiger partial charge in [-0.05, 0) is 43.7 Å².